The molecule has 0 aromatic rings. The molecule has 0 unspecified atom stereocenters. The van der Waals surface area contributed by atoms with Crippen LogP contribution in [0, 0.1) is 0 Å². The van der Waals surface area contributed by atoms with E-state index >= 15 is 0 Å². The van der Waals surface area contributed by atoms with E-state index in [0.29, 0.717) is 6.61 Å². The number of rotatable bonds is 5. The largest absolute Gasteiger partial charge is 0.400 e. The molecule has 0 fully saturated rings. The standard InChI is InChI=1S/C6H14OS.CH4O/c7-5-3-1-2-4-6-8;1-2/h7-8H,1-6H2;2H,1H3. The van der Waals surface area contributed by atoms with Crippen LogP contribution in [-0.2, 0) is 0 Å². The molecule has 0 aliphatic carbocycles. The highest BCUT2D eigenvalue weighted by atomic mass is 32.1. The lowest BCUT2D eigenvalue weighted by atomic mass is 10.2. The Morgan fingerprint density at radius 3 is 1.90 bits per heavy atom. The van der Waals surface area contributed by atoms with Gasteiger partial charge in [0.05, 0.1) is 0 Å². The van der Waals surface area contributed by atoms with Gasteiger partial charge in [-0.1, -0.05) is 12.8 Å². The molecule has 0 atom stereocenters. The molecule has 2 nitrogen and oxygen atoms in total. The van der Waals surface area contributed by atoms with Crippen LogP contribution in [-0.4, -0.2) is 29.7 Å². The van der Waals surface area contributed by atoms with Gasteiger partial charge >= 0.3 is 0 Å². The van der Waals surface area contributed by atoms with Gasteiger partial charge < -0.3 is 10.2 Å². The first-order valence-corrected chi connectivity index (χ1v) is 4.21. The van der Waals surface area contributed by atoms with Crippen molar-refractivity contribution < 1.29 is 10.2 Å². The number of aliphatic hydroxyl groups excluding tert-OH is 2. The van der Waals surface area contributed by atoms with E-state index in [4.69, 9.17) is 10.2 Å². The topological polar surface area (TPSA) is 40.5 Å². The van der Waals surface area contributed by atoms with Gasteiger partial charge in [0.1, 0.15) is 0 Å². The van der Waals surface area contributed by atoms with Gasteiger partial charge in [0.2, 0.25) is 0 Å². The number of hydrogen-bond donors (Lipinski definition) is 3. The van der Waals surface area contributed by atoms with Crippen molar-refractivity contribution in [3.63, 3.8) is 0 Å². The second-order valence-electron chi connectivity index (χ2n) is 1.86. The average Bonchev–Trinajstić information content (AvgIpc) is 2.02. The zero-order valence-electron chi connectivity index (χ0n) is 6.58. The zero-order valence-corrected chi connectivity index (χ0v) is 7.48. The molecule has 0 aromatic carbocycles. The van der Waals surface area contributed by atoms with Crippen LogP contribution in [0.4, 0.5) is 0 Å². The maximum absolute atomic E-state index is 8.35. The fourth-order valence-electron chi connectivity index (χ4n) is 0.577. The third-order valence-electron chi connectivity index (χ3n) is 1.07. The van der Waals surface area contributed by atoms with Crippen LogP contribution in [0.2, 0.25) is 0 Å². The van der Waals surface area contributed by atoms with Crippen LogP contribution >= 0.6 is 12.6 Å². The lowest BCUT2D eigenvalue weighted by Gasteiger charge is -1.93. The van der Waals surface area contributed by atoms with Gasteiger partial charge in [0.15, 0.2) is 0 Å². The highest BCUT2D eigenvalue weighted by molar-refractivity contribution is 7.80. The van der Waals surface area contributed by atoms with Crippen LogP contribution in [0.1, 0.15) is 25.7 Å². The van der Waals surface area contributed by atoms with E-state index in [-0.39, 0.29) is 0 Å². The van der Waals surface area contributed by atoms with Gasteiger partial charge in [-0.2, -0.15) is 12.6 Å². The molecule has 0 amide bonds. The predicted octanol–water partition coefficient (Wildman–Crippen LogP) is 1.08. The van der Waals surface area contributed by atoms with Crippen molar-refractivity contribution in [3.8, 4) is 0 Å². The first-order valence-electron chi connectivity index (χ1n) is 3.58. The molecule has 3 heteroatoms. The maximum Gasteiger partial charge on any atom is 0.0431 e. The van der Waals surface area contributed by atoms with Gasteiger partial charge in [-0.05, 0) is 18.6 Å². The van der Waals surface area contributed by atoms with Crippen molar-refractivity contribution in [2.75, 3.05) is 19.5 Å². The summed E-state index contributed by atoms with van der Waals surface area (Å²) in [6.07, 6.45) is 4.50. The van der Waals surface area contributed by atoms with E-state index in [1.807, 2.05) is 0 Å². The monoisotopic (exact) mass is 166 g/mol. The summed E-state index contributed by atoms with van der Waals surface area (Å²) in [5.74, 6) is 0.978. The van der Waals surface area contributed by atoms with Gasteiger partial charge in [-0.25, -0.2) is 0 Å². The van der Waals surface area contributed by atoms with E-state index in [9.17, 15) is 0 Å². The zero-order chi connectivity index (χ0) is 8.24. The minimum absolute atomic E-state index is 0.340. The molecular formula is C7H18O2S. The van der Waals surface area contributed by atoms with Crippen molar-refractivity contribution in [2.45, 2.75) is 25.7 Å². The number of thiol groups is 1. The summed E-state index contributed by atoms with van der Waals surface area (Å²) in [4.78, 5) is 0. The number of unbranched alkanes of at least 4 members (excludes halogenated alkanes) is 3. The summed E-state index contributed by atoms with van der Waals surface area (Å²) in [5, 5.41) is 15.3. The highest BCUT2D eigenvalue weighted by Crippen LogP contribution is 1.98. The van der Waals surface area contributed by atoms with E-state index in [1.54, 1.807) is 0 Å². The Morgan fingerprint density at radius 2 is 1.50 bits per heavy atom. The third kappa shape index (κ3) is 15.7. The summed E-state index contributed by atoms with van der Waals surface area (Å²) in [6.45, 7) is 0.340. The SMILES string of the molecule is CO.OCCCCCCS. The van der Waals surface area contributed by atoms with E-state index in [1.165, 1.54) is 12.8 Å². The second kappa shape index (κ2) is 16.1. The van der Waals surface area contributed by atoms with Crippen molar-refractivity contribution in [1.82, 2.24) is 0 Å². The van der Waals surface area contributed by atoms with Gasteiger partial charge in [-0.15, -0.1) is 0 Å². The first-order chi connectivity index (χ1) is 4.91. The fraction of sp³-hybridized carbons (Fsp3) is 1.00. The lowest BCUT2D eigenvalue weighted by molar-refractivity contribution is 0.283. The molecule has 0 saturated heterocycles. The molecule has 10 heavy (non-hydrogen) atoms. The smallest absolute Gasteiger partial charge is 0.0431 e. The number of aliphatic hydroxyl groups is 2. The van der Waals surface area contributed by atoms with Crippen LogP contribution < -0.4 is 0 Å². The summed E-state index contributed by atoms with van der Waals surface area (Å²) in [7, 11) is 1.00. The van der Waals surface area contributed by atoms with Crippen molar-refractivity contribution in [1.29, 1.82) is 0 Å². The minimum Gasteiger partial charge on any atom is -0.400 e. The summed E-state index contributed by atoms with van der Waals surface area (Å²) < 4.78 is 0. The molecule has 0 spiro atoms. The minimum atomic E-state index is 0.340. The Morgan fingerprint density at radius 1 is 1.00 bits per heavy atom. The van der Waals surface area contributed by atoms with Gasteiger partial charge in [0.25, 0.3) is 0 Å². The molecule has 0 saturated carbocycles. The quantitative estimate of drug-likeness (QED) is 0.422. The normalized spacial score (nSPS) is 8.40. The van der Waals surface area contributed by atoms with Crippen LogP contribution in [0.5, 0.6) is 0 Å². The van der Waals surface area contributed by atoms with Crippen molar-refractivity contribution in [2.24, 2.45) is 0 Å². The van der Waals surface area contributed by atoms with E-state index < -0.39 is 0 Å². The molecular weight excluding hydrogens is 148 g/mol. The summed E-state index contributed by atoms with van der Waals surface area (Å²) >= 11 is 4.06. The molecule has 0 heterocycles. The molecule has 2 N–H and O–H groups in total. The first kappa shape index (κ1) is 12.9. The van der Waals surface area contributed by atoms with Gasteiger partial charge in [-0.3, -0.25) is 0 Å². The molecule has 0 aliphatic heterocycles. The molecule has 0 aliphatic rings. The molecule has 0 rings (SSSR count). The van der Waals surface area contributed by atoms with Crippen molar-refractivity contribution >= 4 is 12.6 Å². The fourth-order valence-corrected chi connectivity index (χ4v) is 0.801. The second-order valence-corrected chi connectivity index (χ2v) is 2.31. The highest BCUT2D eigenvalue weighted by Gasteiger charge is 1.84. The maximum atomic E-state index is 8.35. The summed E-state index contributed by atoms with van der Waals surface area (Å²) in [5.41, 5.74) is 0. The van der Waals surface area contributed by atoms with E-state index in [2.05, 4.69) is 12.6 Å². The molecule has 0 bridgehead atoms. The Bertz CT molecular complexity index is 36.6. The van der Waals surface area contributed by atoms with Crippen LogP contribution in [0.25, 0.3) is 0 Å². The molecule has 64 valence electrons. The Balaban J connectivity index is 0. The number of hydrogen-bond acceptors (Lipinski definition) is 3. The average molecular weight is 166 g/mol. The Labute approximate surface area is 68.7 Å². The third-order valence-corrected chi connectivity index (χ3v) is 1.38. The molecule has 0 aromatic heterocycles. The van der Waals surface area contributed by atoms with Gasteiger partial charge in [0, 0.05) is 13.7 Å². The molecule has 0 radical (unpaired) electrons. The van der Waals surface area contributed by atoms with E-state index in [0.717, 1.165) is 25.7 Å². The van der Waals surface area contributed by atoms with Crippen LogP contribution in [0.3, 0.4) is 0 Å². The summed E-state index contributed by atoms with van der Waals surface area (Å²) in [6, 6.07) is 0. The Kier molecular flexibility index (Phi) is 20.8. The van der Waals surface area contributed by atoms with Crippen LogP contribution in [0.15, 0.2) is 0 Å². The lowest BCUT2D eigenvalue weighted by Crippen LogP contribution is -1.83. The van der Waals surface area contributed by atoms with Crippen molar-refractivity contribution in [3.05, 3.63) is 0 Å². The Hall–Kier alpha value is 0.270. The predicted molar refractivity (Wildman–Crippen MR) is 47.5 cm³/mol.